The van der Waals surface area contributed by atoms with Gasteiger partial charge in [0.15, 0.2) is 0 Å². The van der Waals surface area contributed by atoms with Crippen molar-refractivity contribution in [3.05, 3.63) is 65.3 Å². The van der Waals surface area contributed by atoms with Gasteiger partial charge in [0, 0.05) is 18.5 Å². The molecular formula is C19H18FN3O2. The highest BCUT2D eigenvalue weighted by atomic mass is 19.1. The largest absolute Gasteiger partial charge is 0.339 e. The number of hydrogen-bond acceptors (Lipinski definition) is 4. The van der Waals surface area contributed by atoms with Crippen LogP contribution in [0.15, 0.2) is 47.0 Å². The summed E-state index contributed by atoms with van der Waals surface area (Å²) in [6.45, 7) is 3.91. The molecule has 3 aromatic rings. The van der Waals surface area contributed by atoms with Gasteiger partial charge in [0.1, 0.15) is 5.82 Å². The van der Waals surface area contributed by atoms with E-state index in [1.807, 2.05) is 32.0 Å². The number of benzene rings is 2. The zero-order valence-corrected chi connectivity index (χ0v) is 14.0. The summed E-state index contributed by atoms with van der Waals surface area (Å²) in [4.78, 5) is 16.3. The first-order chi connectivity index (χ1) is 12.0. The Labute approximate surface area is 144 Å². The van der Waals surface area contributed by atoms with Gasteiger partial charge in [-0.05, 0) is 43.2 Å². The highest BCUT2D eigenvalue weighted by Gasteiger charge is 2.13. The Bertz CT molecular complexity index is 905. The lowest BCUT2D eigenvalue weighted by molar-refractivity contribution is -0.116. The molecule has 6 heteroatoms. The number of nitrogens with zero attached hydrogens (tertiary/aromatic N) is 2. The van der Waals surface area contributed by atoms with Gasteiger partial charge < -0.3 is 9.84 Å². The molecule has 0 atom stereocenters. The van der Waals surface area contributed by atoms with Crippen LogP contribution < -0.4 is 5.32 Å². The molecule has 0 saturated carbocycles. The minimum atomic E-state index is -0.414. The van der Waals surface area contributed by atoms with Crippen LogP contribution in [0.4, 0.5) is 10.1 Å². The molecule has 0 bridgehead atoms. The molecule has 1 amide bonds. The molecular weight excluding hydrogens is 321 g/mol. The zero-order valence-electron chi connectivity index (χ0n) is 14.0. The van der Waals surface area contributed by atoms with Crippen molar-refractivity contribution in [3.8, 4) is 11.4 Å². The molecule has 0 radical (unpaired) electrons. The highest BCUT2D eigenvalue weighted by Crippen LogP contribution is 2.20. The van der Waals surface area contributed by atoms with E-state index in [4.69, 9.17) is 4.52 Å². The van der Waals surface area contributed by atoms with E-state index in [0.717, 1.165) is 16.8 Å². The van der Waals surface area contributed by atoms with E-state index in [2.05, 4.69) is 15.5 Å². The third-order valence-corrected chi connectivity index (χ3v) is 3.82. The van der Waals surface area contributed by atoms with Crippen LogP contribution in [0.5, 0.6) is 0 Å². The number of aryl methyl sites for hydroxylation is 3. The maximum absolute atomic E-state index is 13.7. The Hall–Kier alpha value is -3.02. The molecule has 0 saturated heterocycles. The predicted molar refractivity (Wildman–Crippen MR) is 92.6 cm³/mol. The maximum atomic E-state index is 13.7. The van der Waals surface area contributed by atoms with Crippen molar-refractivity contribution in [3.63, 3.8) is 0 Å². The SMILES string of the molecule is Cc1ccc(C)c(NC(=O)CCc2nc(-c3ccccc3F)no2)c1. The number of hydrogen-bond donors (Lipinski definition) is 1. The Balaban J connectivity index is 1.61. The molecule has 3 rings (SSSR count). The van der Waals surface area contributed by atoms with E-state index in [1.54, 1.807) is 18.2 Å². The molecule has 0 aliphatic carbocycles. The summed E-state index contributed by atoms with van der Waals surface area (Å²) in [7, 11) is 0. The average molecular weight is 339 g/mol. The Kier molecular flexibility index (Phi) is 4.88. The molecule has 0 fully saturated rings. The fraction of sp³-hybridized carbons (Fsp3) is 0.211. The lowest BCUT2D eigenvalue weighted by Gasteiger charge is -2.08. The first-order valence-electron chi connectivity index (χ1n) is 7.97. The molecule has 2 aromatic carbocycles. The summed E-state index contributed by atoms with van der Waals surface area (Å²) >= 11 is 0. The number of aromatic nitrogens is 2. The van der Waals surface area contributed by atoms with Gasteiger partial charge in [0.25, 0.3) is 0 Å². The van der Waals surface area contributed by atoms with Crippen molar-refractivity contribution in [2.45, 2.75) is 26.7 Å². The molecule has 0 unspecified atom stereocenters. The normalized spacial score (nSPS) is 10.7. The van der Waals surface area contributed by atoms with Gasteiger partial charge in [-0.25, -0.2) is 4.39 Å². The molecule has 1 aromatic heterocycles. The molecule has 5 nitrogen and oxygen atoms in total. The third-order valence-electron chi connectivity index (χ3n) is 3.82. The Morgan fingerprint density at radius 1 is 1.20 bits per heavy atom. The second kappa shape index (κ2) is 7.25. The smallest absolute Gasteiger partial charge is 0.227 e. The molecule has 25 heavy (non-hydrogen) atoms. The minimum absolute atomic E-state index is 0.139. The summed E-state index contributed by atoms with van der Waals surface area (Å²) in [5.74, 6) is -0.0701. The van der Waals surface area contributed by atoms with Gasteiger partial charge in [0.2, 0.25) is 17.6 Å². The second-order valence-corrected chi connectivity index (χ2v) is 5.86. The highest BCUT2D eigenvalue weighted by molar-refractivity contribution is 5.91. The first-order valence-corrected chi connectivity index (χ1v) is 7.97. The van der Waals surface area contributed by atoms with Crippen LogP contribution in [0, 0.1) is 19.7 Å². The van der Waals surface area contributed by atoms with Crippen molar-refractivity contribution < 1.29 is 13.7 Å². The monoisotopic (exact) mass is 339 g/mol. The first kappa shape index (κ1) is 16.8. The number of carbonyl (C=O) groups is 1. The predicted octanol–water partition coefficient (Wildman–Crippen LogP) is 4.06. The summed E-state index contributed by atoms with van der Waals surface area (Å²) in [5.41, 5.74) is 3.14. The van der Waals surface area contributed by atoms with Gasteiger partial charge in [-0.3, -0.25) is 4.79 Å². The van der Waals surface area contributed by atoms with Gasteiger partial charge in [-0.15, -0.1) is 0 Å². The summed E-state index contributed by atoms with van der Waals surface area (Å²) in [5, 5.41) is 6.66. The minimum Gasteiger partial charge on any atom is -0.339 e. The van der Waals surface area contributed by atoms with Crippen LogP contribution in [-0.4, -0.2) is 16.0 Å². The standard InChI is InChI=1S/C19H18FN3O2/c1-12-7-8-13(2)16(11-12)21-17(24)9-10-18-22-19(23-25-18)14-5-3-4-6-15(14)20/h3-8,11H,9-10H2,1-2H3,(H,21,24). The number of rotatable bonds is 5. The molecule has 1 N–H and O–H groups in total. The van der Waals surface area contributed by atoms with Crippen LogP contribution in [0.2, 0.25) is 0 Å². The molecule has 128 valence electrons. The van der Waals surface area contributed by atoms with Crippen LogP contribution >= 0.6 is 0 Å². The summed E-state index contributed by atoms with van der Waals surface area (Å²) < 4.78 is 18.8. The van der Waals surface area contributed by atoms with E-state index in [9.17, 15) is 9.18 Å². The number of halogens is 1. The maximum Gasteiger partial charge on any atom is 0.227 e. The van der Waals surface area contributed by atoms with Gasteiger partial charge in [-0.2, -0.15) is 4.98 Å². The van der Waals surface area contributed by atoms with E-state index in [-0.39, 0.29) is 30.1 Å². The van der Waals surface area contributed by atoms with Crippen LogP contribution in [0.3, 0.4) is 0 Å². The fourth-order valence-electron chi connectivity index (χ4n) is 2.41. The van der Waals surface area contributed by atoms with Crippen molar-refractivity contribution in [2.24, 2.45) is 0 Å². The molecule has 1 heterocycles. The topological polar surface area (TPSA) is 68.0 Å². The second-order valence-electron chi connectivity index (χ2n) is 5.86. The zero-order chi connectivity index (χ0) is 17.8. The quantitative estimate of drug-likeness (QED) is 0.761. The van der Waals surface area contributed by atoms with Crippen LogP contribution in [0.25, 0.3) is 11.4 Å². The van der Waals surface area contributed by atoms with Crippen molar-refractivity contribution in [1.82, 2.24) is 10.1 Å². The summed E-state index contributed by atoms with van der Waals surface area (Å²) in [6, 6.07) is 12.1. The lowest BCUT2D eigenvalue weighted by atomic mass is 10.1. The van der Waals surface area contributed by atoms with Gasteiger partial charge in [-0.1, -0.05) is 29.4 Å². The Morgan fingerprint density at radius 2 is 2.00 bits per heavy atom. The fourth-order valence-corrected chi connectivity index (χ4v) is 2.41. The number of nitrogens with one attached hydrogen (secondary N) is 1. The Morgan fingerprint density at radius 3 is 2.80 bits per heavy atom. The molecule has 0 spiro atoms. The van der Waals surface area contributed by atoms with E-state index < -0.39 is 5.82 Å². The van der Waals surface area contributed by atoms with E-state index >= 15 is 0 Å². The van der Waals surface area contributed by atoms with E-state index in [1.165, 1.54) is 6.07 Å². The average Bonchev–Trinajstić information content (AvgIpc) is 3.05. The lowest BCUT2D eigenvalue weighted by Crippen LogP contribution is -2.13. The number of carbonyl (C=O) groups excluding carboxylic acids is 1. The van der Waals surface area contributed by atoms with Crippen molar-refractivity contribution in [1.29, 1.82) is 0 Å². The van der Waals surface area contributed by atoms with Gasteiger partial charge >= 0.3 is 0 Å². The third kappa shape index (κ3) is 4.09. The number of amides is 1. The van der Waals surface area contributed by atoms with E-state index in [0.29, 0.717) is 5.89 Å². The van der Waals surface area contributed by atoms with Gasteiger partial charge in [0.05, 0.1) is 5.56 Å². The van der Waals surface area contributed by atoms with Crippen molar-refractivity contribution in [2.75, 3.05) is 5.32 Å². The molecule has 0 aliphatic rings. The van der Waals surface area contributed by atoms with Crippen LogP contribution in [-0.2, 0) is 11.2 Å². The van der Waals surface area contributed by atoms with Crippen LogP contribution in [0.1, 0.15) is 23.4 Å². The number of anilines is 1. The summed E-state index contributed by atoms with van der Waals surface area (Å²) in [6.07, 6.45) is 0.491. The molecule has 0 aliphatic heterocycles. The van der Waals surface area contributed by atoms with Crippen molar-refractivity contribution >= 4 is 11.6 Å².